The average Bonchev–Trinajstić information content (AvgIpc) is 2.20. The van der Waals surface area contributed by atoms with Crippen molar-refractivity contribution in [3.05, 3.63) is 28.8 Å². The van der Waals surface area contributed by atoms with Crippen molar-refractivity contribution in [3.8, 4) is 11.8 Å². The molecule has 0 unspecified atom stereocenters. The van der Waals surface area contributed by atoms with Crippen molar-refractivity contribution in [3.63, 3.8) is 0 Å². The van der Waals surface area contributed by atoms with E-state index in [2.05, 4.69) is 0 Å². The standard InChI is InChI=1S/C10H10N2O2/c1-6-2-7(9(13)5-12)3-8(4-11)10(6)14/h2-3,14H,5,12H2,1H3. The number of ketones is 1. The number of phenolic OH excluding ortho intramolecular Hbond substituents is 1. The van der Waals surface area contributed by atoms with Gasteiger partial charge in [0, 0.05) is 5.56 Å². The molecular formula is C10H10N2O2. The molecule has 4 heteroatoms. The minimum atomic E-state index is -0.246. The van der Waals surface area contributed by atoms with Gasteiger partial charge in [0.05, 0.1) is 12.1 Å². The van der Waals surface area contributed by atoms with Gasteiger partial charge in [0.15, 0.2) is 5.78 Å². The largest absolute Gasteiger partial charge is 0.506 e. The lowest BCUT2D eigenvalue weighted by molar-refractivity contribution is 0.100. The van der Waals surface area contributed by atoms with Gasteiger partial charge in [-0.15, -0.1) is 0 Å². The fourth-order valence-electron chi connectivity index (χ4n) is 1.14. The number of nitrogens with two attached hydrogens (primary N) is 1. The third-order valence-corrected chi connectivity index (χ3v) is 1.93. The Hall–Kier alpha value is -1.86. The van der Waals surface area contributed by atoms with Gasteiger partial charge in [0.2, 0.25) is 0 Å². The number of carbonyl (C=O) groups excluding carboxylic acids is 1. The summed E-state index contributed by atoms with van der Waals surface area (Å²) in [6, 6.07) is 4.68. The number of hydrogen-bond acceptors (Lipinski definition) is 4. The lowest BCUT2D eigenvalue weighted by Gasteiger charge is -2.04. The predicted octanol–water partition coefficient (Wildman–Crippen LogP) is 0.714. The Morgan fingerprint density at radius 1 is 1.64 bits per heavy atom. The number of Topliss-reactive ketones (excluding diaryl/α,β-unsaturated/α-hetero) is 1. The summed E-state index contributed by atoms with van der Waals surface area (Å²) >= 11 is 0. The molecule has 4 nitrogen and oxygen atoms in total. The molecule has 0 heterocycles. The number of benzene rings is 1. The van der Waals surface area contributed by atoms with Crippen LogP contribution in [0.4, 0.5) is 0 Å². The van der Waals surface area contributed by atoms with Gasteiger partial charge in [0.25, 0.3) is 0 Å². The lowest BCUT2D eigenvalue weighted by atomic mass is 10.0. The first kappa shape index (κ1) is 10.2. The minimum absolute atomic E-state index is 0.0823. The number of nitrogens with zero attached hydrogens (tertiary/aromatic N) is 1. The van der Waals surface area contributed by atoms with Crippen LogP contribution in [0.3, 0.4) is 0 Å². The van der Waals surface area contributed by atoms with Gasteiger partial charge in [0.1, 0.15) is 11.8 Å². The van der Waals surface area contributed by atoms with Crippen LogP contribution in [-0.2, 0) is 0 Å². The lowest BCUT2D eigenvalue weighted by Crippen LogP contribution is -2.13. The van der Waals surface area contributed by atoms with Crippen LogP contribution in [0.15, 0.2) is 12.1 Å². The molecule has 0 atom stereocenters. The molecule has 1 rings (SSSR count). The molecule has 0 aromatic heterocycles. The first-order chi connectivity index (χ1) is 6.60. The molecule has 0 aliphatic carbocycles. The summed E-state index contributed by atoms with van der Waals surface area (Å²) in [6.07, 6.45) is 0. The van der Waals surface area contributed by atoms with E-state index in [-0.39, 0.29) is 23.6 Å². The molecule has 0 saturated heterocycles. The first-order valence-electron chi connectivity index (χ1n) is 4.07. The van der Waals surface area contributed by atoms with E-state index in [9.17, 15) is 9.90 Å². The van der Waals surface area contributed by atoms with Crippen molar-refractivity contribution in [2.24, 2.45) is 5.73 Å². The third kappa shape index (κ3) is 1.73. The molecule has 0 saturated carbocycles. The number of nitriles is 1. The number of rotatable bonds is 2. The summed E-state index contributed by atoms with van der Waals surface area (Å²) in [5, 5.41) is 18.1. The minimum Gasteiger partial charge on any atom is -0.506 e. The summed E-state index contributed by atoms with van der Waals surface area (Å²) < 4.78 is 0. The zero-order chi connectivity index (χ0) is 10.7. The molecule has 14 heavy (non-hydrogen) atoms. The monoisotopic (exact) mass is 190 g/mol. The summed E-state index contributed by atoms with van der Waals surface area (Å²) in [5.41, 5.74) is 6.15. The Labute approximate surface area is 81.6 Å². The van der Waals surface area contributed by atoms with E-state index in [1.54, 1.807) is 6.92 Å². The van der Waals surface area contributed by atoms with Gasteiger partial charge in [-0.25, -0.2) is 0 Å². The molecular weight excluding hydrogens is 180 g/mol. The molecule has 0 aliphatic heterocycles. The zero-order valence-electron chi connectivity index (χ0n) is 7.74. The van der Waals surface area contributed by atoms with E-state index < -0.39 is 0 Å². The van der Waals surface area contributed by atoms with Crippen molar-refractivity contribution in [1.82, 2.24) is 0 Å². The average molecular weight is 190 g/mol. The summed E-state index contributed by atoms with van der Waals surface area (Å²) in [4.78, 5) is 11.2. The Kier molecular flexibility index (Phi) is 2.85. The highest BCUT2D eigenvalue weighted by Crippen LogP contribution is 2.23. The molecule has 1 aromatic rings. The SMILES string of the molecule is Cc1cc(C(=O)CN)cc(C#N)c1O. The topological polar surface area (TPSA) is 87.1 Å². The smallest absolute Gasteiger partial charge is 0.176 e. The molecule has 3 N–H and O–H groups in total. The summed E-state index contributed by atoms with van der Waals surface area (Å²) in [5.74, 6) is -0.328. The maximum Gasteiger partial charge on any atom is 0.176 e. The number of phenols is 1. The van der Waals surface area contributed by atoms with Crippen LogP contribution in [-0.4, -0.2) is 17.4 Å². The molecule has 0 amide bonds. The van der Waals surface area contributed by atoms with Crippen molar-refractivity contribution in [2.45, 2.75) is 6.92 Å². The molecule has 0 bridgehead atoms. The van der Waals surface area contributed by atoms with Crippen LogP contribution < -0.4 is 5.73 Å². The van der Waals surface area contributed by atoms with Crippen molar-refractivity contribution in [2.75, 3.05) is 6.54 Å². The van der Waals surface area contributed by atoms with Gasteiger partial charge in [-0.05, 0) is 24.6 Å². The van der Waals surface area contributed by atoms with Crippen LogP contribution >= 0.6 is 0 Å². The molecule has 0 aliphatic rings. The van der Waals surface area contributed by atoms with E-state index in [0.717, 1.165) is 0 Å². The fourth-order valence-corrected chi connectivity index (χ4v) is 1.14. The van der Waals surface area contributed by atoms with Crippen LogP contribution in [0.1, 0.15) is 21.5 Å². The summed E-state index contributed by atoms with van der Waals surface area (Å²) in [7, 11) is 0. The highest BCUT2D eigenvalue weighted by atomic mass is 16.3. The third-order valence-electron chi connectivity index (χ3n) is 1.93. The van der Waals surface area contributed by atoms with E-state index in [1.165, 1.54) is 12.1 Å². The second-order valence-corrected chi connectivity index (χ2v) is 2.93. The van der Waals surface area contributed by atoms with E-state index in [4.69, 9.17) is 11.0 Å². The molecule has 0 fully saturated rings. The van der Waals surface area contributed by atoms with Crippen LogP contribution in [0.25, 0.3) is 0 Å². The second-order valence-electron chi connectivity index (χ2n) is 2.93. The Bertz CT molecular complexity index is 419. The normalized spacial score (nSPS) is 9.50. The Balaban J connectivity index is 3.32. The maximum absolute atomic E-state index is 11.2. The highest BCUT2D eigenvalue weighted by Gasteiger charge is 2.10. The van der Waals surface area contributed by atoms with Gasteiger partial charge in [-0.2, -0.15) is 5.26 Å². The van der Waals surface area contributed by atoms with Crippen LogP contribution in [0.5, 0.6) is 5.75 Å². The zero-order valence-corrected chi connectivity index (χ0v) is 7.74. The number of aryl methyl sites for hydroxylation is 1. The number of aromatic hydroxyl groups is 1. The van der Waals surface area contributed by atoms with Gasteiger partial charge in [-0.3, -0.25) is 4.79 Å². The fraction of sp³-hybridized carbons (Fsp3) is 0.200. The number of hydrogen-bond donors (Lipinski definition) is 2. The van der Waals surface area contributed by atoms with Crippen molar-refractivity contribution < 1.29 is 9.90 Å². The van der Waals surface area contributed by atoms with E-state index in [1.807, 2.05) is 6.07 Å². The summed E-state index contributed by atoms with van der Waals surface area (Å²) in [6.45, 7) is 1.53. The van der Waals surface area contributed by atoms with Crippen molar-refractivity contribution in [1.29, 1.82) is 5.26 Å². The van der Waals surface area contributed by atoms with E-state index in [0.29, 0.717) is 11.1 Å². The molecule has 0 radical (unpaired) electrons. The predicted molar refractivity (Wildman–Crippen MR) is 50.9 cm³/mol. The Morgan fingerprint density at radius 3 is 2.79 bits per heavy atom. The molecule has 1 aromatic carbocycles. The van der Waals surface area contributed by atoms with Crippen LogP contribution in [0.2, 0.25) is 0 Å². The quantitative estimate of drug-likeness (QED) is 0.672. The first-order valence-corrected chi connectivity index (χ1v) is 4.07. The van der Waals surface area contributed by atoms with Gasteiger partial charge >= 0.3 is 0 Å². The second kappa shape index (κ2) is 3.90. The highest BCUT2D eigenvalue weighted by molar-refractivity contribution is 5.98. The maximum atomic E-state index is 11.2. The van der Waals surface area contributed by atoms with E-state index >= 15 is 0 Å². The molecule has 72 valence electrons. The number of carbonyl (C=O) groups is 1. The van der Waals surface area contributed by atoms with Gasteiger partial charge in [-0.1, -0.05) is 0 Å². The Morgan fingerprint density at radius 2 is 2.29 bits per heavy atom. The van der Waals surface area contributed by atoms with Crippen LogP contribution in [0, 0.1) is 18.3 Å². The molecule has 0 spiro atoms. The van der Waals surface area contributed by atoms with Gasteiger partial charge < -0.3 is 10.8 Å². The van der Waals surface area contributed by atoms with Crippen molar-refractivity contribution >= 4 is 5.78 Å².